The van der Waals surface area contributed by atoms with E-state index in [0.29, 0.717) is 6.04 Å². The van der Waals surface area contributed by atoms with E-state index in [1.54, 1.807) is 0 Å². The first kappa shape index (κ1) is 13.4. The second-order valence-electron chi connectivity index (χ2n) is 4.41. The van der Waals surface area contributed by atoms with Crippen molar-refractivity contribution < 1.29 is 4.74 Å². The molecule has 0 aliphatic carbocycles. The SMILES string of the molecule is CCC1COCCN1c1ccc(C(=N)N)c(Br)c1. The summed E-state index contributed by atoms with van der Waals surface area (Å²) in [6, 6.07) is 6.37. The Morgan fingerprint density at radius 1 is 1.61 bits per heavy atom. The number of halogens is 1. The smallest absolute Gasteiger partial charge is 0.123 e. The number of amidine groups is 1. The molecule has 18 heavy (non-hydrogen) atoms. The minimum absolute atomic E-state index is 0.0856. The van der Waals surface area contributed by atoms with E-state index in [2.05, 4.69) is 27.8 Å². The molecule has 1 aromatic carbocycles. The molecule has 4 nitrogen and oxygen atoms in total. The van der Waals surface area contributed by atoms with Gasteiger partial charge in [-0.2, -0.15) is 0 Å². The number of benzene rings is 1. The van der Waals surface area contributed by atoms with Gasteiger partial charge in [0.2, 0.25) is 0 Å². The molecule has 2 rings (SSSR count). The molecule has 1 atom stereocenters. The van der Waals surface area contributed by atoms with Crippen LogP contribution in [-0.4, -0.2) is 31.6 Å². The van der Waals surface area contributed by atoms with Crippen LogP contribution in [0.3, 0.4) is 0 Å². The monoisotopic (exact) mass is 311 g/mol. The van der Waals surface area contributed by atoms with Crippen molar-refractivity contribution >= 4 is 27.5 Å². The summed E-state index contributed by atoms with van der Waals surface area (Å²) in [6.45, 7) is 4.63. The minimum Gasteiger partial charge on any atom is -0.384 e. The molecule has 0 radical (unpaired) electrons. The first-order valence-electron chi connectivity index (χ1n) is 6.11. The zero-order valence-electron chi connectivity index (χ0n) is 10.4. The van der Waals surface area contributed by atoms with E-state index in [1.807, 2.05) is 18.2 Å². The zero-order chi connectivity index (χ0) is 13.1. The lowest BCUT2D eigenvalue weighted by Crippen LogP contribution is -2.45. The third kappa shape index (κ3) is 2.67. The Labute approximate surface area is 116 Å². The van der Waals surface area contributed by atoms with E-state index in [4.69, 9.17) is 15.9 Å². The number of nitrogens with two attached hydrogens (primary N) is 1. The minimum atomic E-state index is 0.0856. The Bertz CT molecular complexity index is 450. The summed E-state index contributed by atoms with van der Waals surface area (Å²) in [5.74, 6) is 0.0856. The molecule has 1 unspecified atom stereocenters. The standard InChI is InChI=1S/C13H18BrN3O/c1-2-9-8-18-6-5-17(9)10-3-4-11(13(15)16)12(14)7-10/h3-4,7,9H,2,5-6,8H2,1H3,(H3,15,16). The number of nitrogens with zero attached hydrogens (tertiary/aromatic N) is 1. The van der Waals surface area contributed by atoms with Crippen LogP contribution in [0.4, 0.5) is 5.69 Å². The topological polar surface area (TPSA) is 62.3 Å². The second kappa shape index (κ2) is 5.71. The second-order valence-corrected chi connectivity index (χ2v) is 5.26. The van der Waals surface area contributed by atoms with Gasteiger partial charge in [0.15, 0.2) is 0 Å². The molecule has 0 aromatic heterocycles. The highest BCUT2D eigenvalue weighted by molar-refractivity contribution is 9.10. The van der Waals surface area contributed by atoms with Gasteiger partial charge in [-0.3, -0.25) is 5.41 Å². The molecule has 1 saturated heterocycles. The average molecular weight is 312 g/mol. The number of nitrogen functional groups attached to an aromatic ring is 1. The van der Waals surface area contributed by atoms with Gasteiger partial charge < -0.3 is 15.4 Å². The molecule has 3 N–H and O–H groups in total. The lowest BCUT2D eigenvalue weighted by molar-refractivity contribution is 0.0930. The van der Waals surface area contributed by atoms with Crippen LogP contribution in [0.5, 0.6) is 0 Å². The maximum absolute atomic E-state index is 7.48. The Hall–Kier alpha value is -1.07. The molecule has 5 heteroatoms. The zero-order valence-corrected chi connectivity index (χ0v) is 12.0. The van der Waals surface area contributed by atoms with Gasteiger partial charge in [-0.1, -0.05) is 6.92 Å². The van der Waals surface area contributed by atoms with Gasteiger partial charge in [0.05, 0.1) is 19.3 Å². The van der Waals surface area contributed by atoms with E-state index >= 15 is 0 Å². The summed E-state index contributed by atoms with van der Waals surface area (Å²) in [6.07, 6.45) is 1.06. The molecular formula is C13H18BrN3O. The van der Waals surface area contributed by atoms with Gasteiger partial charge in [0.1, 0.15) is 5.84 Å². The van der Waals surface area contributed by atoms with Crippen molar-refractivity contribution in [1.82, 2.24) is 0 Å². The van der Waals surface area contributed by atoms with E-state index in [-0.39, 0.29) is 5.84 Å². The number of rotatable bonds is 3. The van der Waals surface area contributed by atoms with E-state index in [9.17, 15) is 0 Å². The van der Waals surface area contributed by atoms with Crippen molar-refractivity contribution in [2.75, 3.05) is 24.7 Å². The Morgan fingerprint density at radius 3 is 3.00 bits per heavy atom. The van der Waals surface area contributed by atoms with Gasteiger partial charge in [-0.15, -0.1) is 0 Å². The summed E-state index contributed by atoms with van der Waals surface area (Å²) < 4.78 is 6.38. The summed E-state index contributed by atoms with van der Waals surface area (Å²) in [7, 11) is 0. The fourth-order valence-corrected chi connectivity index (χ4v) is 2.81. The number of nitrogens with one attached hydrogen (secondary N) is 1. The molecule has 1 aromatic rings. The van der Waals surface area contributed by atoms with Crippen molar-refractivity contribution in [3.63, 3.8) is 0 Å². The highest BCUT2D eigenvalue weighted by Gasteiger charge is 2.22. The molecule has 1 aliphatic rings. The Balaban J connectivity index is 2.27. The molecule has 0 saturated carbocycles. The van der Waals surface area contributed by atoms with Gasteiger partial charge >= 0.3 is 0 Å². The average Bonchev–Trinajstić information content (AvgIpc) is 2.38. The van der Waals surface area contributed by atoms with Gasteiger partial charge in [0.25, 0.3) is 0 Å². The predicted molar refractivity (Wildman–Crippen MR) is 77.4 cm³/mol. The van der Waals surface area contributed by atoms with Crippen LogP contribution < -0.4 is 10.6 Å². The number of anilines is 1. The molecule has 1 aliphatic heterocycles. The van der Waals surface area contributed by atoms with Crippen molar-refractivity contribution in [2.45, 2.75) is 19.4 Å². The highest BCUT2D eigenvalue weighted by Crippen LogP contribution is 2.27. The van der Waals surface area contributed by atoms with Gasteiger partial charge in [-0.05, 0) is 40.5 Å². The summed E-state index contributed by atoms with van der Waals surface area (Å²) in [5, 5.41) is 7.48. The molecule has 98 valence electrons. The third-order valence-corrected chi connectivity index (χ3v) is 3.93. The fraction of sp³-hybridized carbons (Fsp3) is 0.462. The van der Waals surface area contributed by atoms with Crippen LogP contribution in [-0.2, 0) is 4.74 Å². The predicted octanol–water partition coefficient (Wildman–Crippen LogP) is 2.35. The normalized spacial score (nSPS) is 19.9. The molecule has 1 heterocycles. The molecule has 1 fully saturated rings. The maximum Gasteiger partial charge on any atom is 0.123 e. The van der Waals surface area contributed by atoms with Gasteiger partial charge in [-0.25, -0.2) is 0 Å². The van der Waals surface area contributed by atoms with E-state index in [1.165, 1.54) is 0 Å². The van der Waals surface area contributed by atoms with Crippen molar-refractivity contribution in [1.29, 1.82) is 5.41 Å². The van der Waals surface area contributed by atoms with Crippen LogP contribution in [0, 0.1) is 5.41 Å². The summed E-state index contributed by atoms with van der Waals surface area (Å²) in [5.41, 5.74) is 7.41. The first-order chi connectivity index (χ1) is 8.63. The quantitative estimate of drug-likeness (QED) is 0.665. The number of hydrogen-bond acceptors (Lipinski definition) is 3. The lowest BCUT2D eigenvalue weighted by Gasteiger charge is -2.37. The fourth-order valence-electron chi connectivity index (χ4n) is 2.23. The number of ether oxygens (including phenoxy) is 1. The van der Waals surface area contributed by atoms with Crippen molar-refractivity contribution in [3.8, 4) is 0 Å². The van der Waals surface area contributed by atoms with Crippen LogP contribution >= 0.6 is 15.9 Å². The highest BCUT2D eigenvalue weighted by atomic mass is 79.9. The number of hydrogen-bond donors (Lipinski definition) is 2. The third-order valence-electron chi connectivity index (χ3n) is 3.27. The largest absolute Gasteiger partial charge is 0.384 e. The molecule has 0 amide bonds. The Kier molecular flexibility index (Phi) is 4.24. The number of morpholine rings is 1. The lowest BCUT2D eigenvalue weighted by atomic mass is 10.1. The van der Waals surface area contributed by atoms with Crippen LogP contribution in [0.25, 0.3) is 0 Å². The molecule has 0 spiro atoms. The summed E-state index contributed by atoms with van der Waals surface area (Å²) >= 11 is 3.48. The van der Waals surface area contributed by atoms with Crippen molar-refractivity contribution in [3.05, 3.63) is 28.2 Å². The Morgan fingerprint density at radius 2 is 2.39 bits per heavy atom. The first-order valence-corrected chi connectivity index (χ1v) is 6.91. The van der Waals surface area contributed by atoms with Crippen LogP contribution in [0.15, 0.2) is 22.7 Å². The van der Waals surface area contributed by atoms with Crippen molar-refractivity contribution in [2.24, 2.45) is 5.73 Å². The summed E-state index contributed by atoms with van der Waals surface area (Å²) in [4.78, 5) is 2.36. The molecular weight excluding hydrogens is 294 g/mol. The molecule has 0 bridgehead atoms. The van der Waals surface area contributed by atoms with Crippen LogP contribution in [0.2, 0.25) is 0 Å². The maximum atomic E-state index is 7.48. The van der Waals surface area contributed by atoms with E-state index in [0.717, 1.165) is 41.9 Å². The van der Waals surface area contributed by atoms with Gasteiger partial charge in [0, 0.05) is 22.3 Å². The van der Waals surface area contributed by atoms with Crippen LogP contribution in [0.1, 0.15) is 18.9 Å². The van der Waals surface area contributed by atoms with E-state index < -0.39 is 0 Å².